The van der Waals surface area contributed by atoms with Crippen LogP contribution in [-0.2, 0) is 0 Å². The molecule has 0 unspecified atom stereocenters. The average molecular weight is 240 g/mol. The number of unbranched alkanes of at least 4 members (excludes halogenated alkanes) is 1. The second-order valence-electron chi connectivity index (χ2n) is 2.36. The fourth-order valence-corrected chi connectivity index (χ4v) is 3.31. The van der Waals surface area contributed by atoms with Gasteiger partial charge in [0.1, 0.15) is 0 Å². The molecule has 0 bridgehead atoms. The van der Waals surface area contributed by atoms with E-state index in [2.05, 4.69) is 20.4 Å². The van der Waals surface area contributed by atoms with Crippen LogP contribution < -0.4 is 0 Å². The Bertz CT molecular complexity index is 76.6. The van der Waals surface area contributed by atoms with Gasteiger partial charge in [0.15, 0.2) is 0 Å². The molecule has 0 aromatic carbocycles. The van der Waals surface area contributed by atoms with E-state index in [9.17, 15) is 0 Å². The van der Waals surface area contributed by atoms with Gasteiger partial charge < -0.3 is 0 Å². The summed E-state index contributed by atoms with van der Waals surface area (Å²) in [5.74, 6) is 0. The molecule has 0 spiro atoms. The summed E-state index contributed by atoms with van der Waals surface area (Å²) in [6.07, 6.45) is 2.80. The van der Waals surface area contributed by atoms with Crippen LogP contribution in [0, 0.1) is 0 Å². The Morgan fingerprint density at radius 1 is 1.56 bits per heavy atom. The van der Waals surface area contributed by atoms with E-state index < -0.39 is 0 Å². The molecule has 0 aromatic heterocycles. The van der Waals surface area contributed by atoms with Crippen molar-refractivity contribution in [2.24, 2.45) is 0 Å². The predicted octanol–water partition coefficient (Wildman–Crippen LogP) is 2.90. The molecular weight excluding hydrogens is 224 g/mol. The molecule has 0 aliphatic carbocycles. The quantitative estimate of drug-likeness (QED) is 0.393. The summed E-state index contributed by atoms with van der Waals surface area (Å²) in [4.78, 5) is 0. The second-order valence-corrected chi connectivity index (χ2v) is 5.52. The van der Waals surface area contributed by atoms with Crippen molar-refractivity contribution in [1.29, 1.82) is 0 Å². The van der Waals surface area contributed by atoms with Gasteiger partial charge in [-0.15, -0.1) is 0 Å². The molecule has 0 aliphatic rings. The maximum atomic E-state index is 3.89. The van der Waals surface area contributed by atoms with Gasteiger partial charge in [0.2, 0.25) is 0 Å². The first-order valence-electron chi connectivity index (χ1n) is 3.49. The van der Waals surface area contributed by atoms with E-state index >= 15 is 0 Å². The molecule has 9 heavy (non-hydrogen) atoms. The van der Waals surface area contributed by atoms with Crippen LogP contribution >= 0.6 is 0 Å². The van der Waals surface area contributed by atoms with Gasteiger partial charge in [-0.2, -0.15) is 0 Å². The zero-order chi connectivity index (χ0) is 7.11. The van der Waals surface area contributed by atoms with Crippen LogP contribution in [0.25, 0.3) is 0 Å². The molecule has 0 heterocycles. The van der Waals surface area contributed by atoms with Gasteiger partial charge in [0.05, 0.1) is 0 Å². The number of allylic oxidation sites excluding steroid dienone is 1. The van der Waals surface area contributed by atoms with E-state index in [-0.39, 0.29) is 0 Å². The fourth-order valence-electron chi connectivity index (χ4n) is 0.493. The third-order valence-corrected chi connectivity index (χ3v) is 4.63. The Kier molecular flexibility index (Phi) is 7.04. The third-order valence-electron chi connectivity index (χ3n) is 0.991. The molecule has 1 heteroatoms. The SMILES string of the molecule is C=C(C)C[Te]CCCC. The van der Waals surface area contributed by atoms with Crippen molar-refractivity contribution < 1.29 is 0 Å². The Morgan fingerprint density at radius 2 is 2.22 bits per heavy atom. The van der Waals surface area contributed by atoms with Crippen LogP contribution in [0.3, 0.4) is 0 Å². The van der Waals surface area contributed by atoms with Gasteiger partial charge in [0, 0.05) is 0 Å². The van der Waals surface area contributed by atoms with Crippen LogP contribution in [-0.4, -0.2) is 20.9 Å². The van der Waals surface area contributed by atoms with E-state index in [1.165, 1.54) is 27.4 Å². The number of hydrogen-bond donors (Lipinski definition) is 0. The first kappa shape index (κ1) is 9.53. The fraction of sp³-hybridized carbons (Fsp3) is 0.750. The van der Waals surface area contributed by atoms with Crippen LogP contribution in [0.2, 0.25) is 8.94 Å². The van der Waals surface area contributed by atoms with Crippen LogP contribution in [0.4, 0.5) is 0 Å². The van der Waals surface area contributed by atoms with Gasteiger partial charge in [-0.3, -0.25) is 0 Å². The Hall–Kier alpha value is 0.530. The van der Waals surface area contributed by atoms with E-state index in [1.54, 1.807) is 0 Å². The van der Waals surface area contributed by atoms with Crippen molar-refractivity contribution in [3.05, 3.63) is 12.2 Å². The van der Waals surface area contributed by atoms with Gasteiger partial charge in [0.25, 0.3) is 0 Å². The van der Waals surface area contributed by atoms with Crippen molar-refractivity contribution in [3.63, 3.8) is 0 Å². The monoisotopic (exact) mass is 242 g/mol. The summed E-state index contributed by atoms with van der Waals surface area (Å²) in [6.45, 7) is 8.28. The molecule has 0 atom stereocenters. The van der Waals surface area contributed by atoms with Crippen molar-refractivity contribution in [3.8, 4) is 0 Å². The Balaban J connectivity index is 2.83. The third kappa shape index (κ3) is 8.53. The Labute approximate surface area is 68.8 Å². The summed E-state index contributed by atoms with van der Waals surface area (Å²) >= 11 is 0.323. The molecule has 0 amide bonds. The van der Waals surface area contributed by atoms with Gasteiger partial charge in [-0.25, -0.2) is 0 Å². The first-order valence-corrected chi connectivity index (χ1v) is 6.79. The molecule has 0 saturated carbocycles. The molecule has 54 valence electrons. The maximum absolute atomic E-state index is 3.89. The van der Waals surface area contributed by atoms with Crippen molar-refractivity contribution in [2.75, 3.05) is 0 Å². The summed E-state index contributed by atoms with van der Waals surface area (Å²) in [6, 6.07) is 0. The van der Waals surface area contributed by atoms with Crippen LogP contribution in [0.5, 0.6) is 0 Å². The van der Waals surface area contributed by atoms with Crippen LogP contribution in [0.15, 0.2) is 12.2 Å². The number of hydrogen-bond acceptors (Lipinski definition) is 0. The van der Waals surface area contributed by atoms with Gasteiger partial charge >= 0.3 is 68.7 Å². The zero-order valence-electron chi connectivity index (χ0n) is 6.44. The van der Waals surface area contributed by atoms with Gasteiger partial charge in [-0.05, 0) is 0 Å². The summed E-state index contributed by atoms with van der Waals surface area (Å²) < 4.78 is 2.86. The molecule has 0 nitrogen and oxygen atoms in total. The normalized spacial score (nSPS) is 9.56. The van der Waals surface area contributed by atoms with E-state index in [4.69, 9.17) is 0 Å². The molecule has 0 fully saturated rings. The van der Waals surface area contributed by atoms with Gasteiger partial charge in [-0.1, -0.05) is 0 Å². The molecule has 0 rings (SSSR count). The van der Waals surface area contributed by atoms with E-state index in [1.807, 2.05) is 0 Å². The molecular formula is C8H16Te. The summed E-state index contributed by atoms with van der Waals surface area (Å²) in [5.41, 5.74) is 1.38. The van der Waals surface area contributed by atoms with Crippen molar-refractivity contribution in [2.45, 2.75) is 35.6 Å². The molecule has 0 aromatic rings. The Morgan fingerprint density at radius 3 is 2.67 bits per heavy atom. The van der Waals surface area contributed by atoms with E-state index in [0.29, 0.717) is 20.9 Å². The first-order chi connectivity index (χ1) is 4.27. The second kappa shape index (κ2) is 6.65. The topological polar surface area (TPSA) is 0 Å². The average Bonchev–Trinajstić information content (AvgIpc) is 1.80. The molecule has 0 saturated heterocycles. The summed E-state index contributed by atoms with van der Waals surface area (Å²) in [7, 11) is 0. The van der Waals surface area contributed by atoms with Crippen LogP contribution in [0.1, 0.15) is 26.7 Å². The molecule has 0 aliphatic heterocycles. The minimum absolute atomic E-state index is 0.323. The summed E-state index contributed by atoms with van der Waals surface area (Å²) in [5, 5.41) is 0. The van der Waals surface area contributed by atoms with E-state index in [0.717, 1.165) is 0 Å². The minimum atomic E-state index is 0.323. The van der Waals surface area contributed by atoms with Crippen molar-refractivity contribution >= 4 is 20.9 Å². The predicted molar refractivity (Wildman–Crippen MR) is 45.1 cm³/mol. The molecule has 0 radical (unpaired) electrons. The van der Waals surface area contributed by atoms with Crippen molar-refractivity contribution in [1.82, 2.24) is 0 Å². The molecule has 0 N–H and O–H groups in total. The standard InChI is InChI=1S/C8H16Te/c1-4-5-6-9-7-8(2)3/h2,4-7H2,1,3H3. The number of rotatable bonds is 5. The zero-order valence-corrected chi connectivity index (χ0v) is 8.77.